The molecule has 1 rings (SSSR count). The zero-order valence-electron chi connectivity index (χ0n) is 11.8. The minimum absolute atomic E-state index is 0. The average molecular weight is 318 g/mol. The highest BCUT2D eigenvalue weighted by Crippen LogP contribution is 2.24. The van der Waals surface area contributed by atoms with Gasteiger partial charge in [-0.05, 0) is 5.92 Å². The standard InChI is InChI=1S/C12H22F3N3O.ClH/c1-9(2)7-11(19)17-8-10(12(13,14)15)18-5-3-16-4-6-18;/h9-10,16H,3-8H2,1-2H3,(H,17,19);1H. The molecule has 0 aromatic rings. The van der Waals surface area contributed by atoms with E-state index in [-0.39, 0.29) is 37.2 Å². The monoisotopic (exact) mass is 317 g/mol. The normalized spacial score (nSPS) is 18.5. The molecule has 0 radical (unpaired) electrons. The number of nitrogens with one attached hydrogen (secondary N) is 2. The Morgan fingerprint density at radius 3 is 2.30 bits per heavy atom. The topological polar surface area (TPSA) is 44.4 Å². The number of carbonyl (C=O) groups is 1. The molecule has 2 N–H and O–H groups in total. The molecule has 1 fully saturated rings. The third-order valence-corrected chi connectivity index (χ3v) is 3.06. The minimum atomic E-state index is -4.32. The summed E-state index contributed by atoms with van der Waals surface area (Å²) in [6, 6.07) is -1.59. The molecule has 1 heterocycles. The Morgan fingerprint density at radius 1 is 1.30 bits per heavy atom. The smallest absolute Gasteiger partial charge is 0.354 e. The van der Waals surface area contributed by atoms with Gasteiger partial charge in [-0.25, -0.2) is 0 Å². The summed E-state index contributed by atoms with van der Waals surface area (Å²) >= 11 is 0. The molecule has 0 saturated carbocycles. The van der Waals surface area contributed by atoms with Crippen LogP contribution < -0.4 is 10.6 Å². The third-order valence-electron chi connectivity index (χ3n) is 3.06. The number of piperazine rings is 1. The van der Waals surface area contributed by atoms with E-state index in [4.69, 9.17) is 0 Å². The molecule has 0 aliphatic carbocycles. The molecule has 0 spiro atoms. The molecule has 0 bridgehead atoms. The Hall–Kier alpha value is -0.530. The highest BCUT2D eigenvalue weighted by atomic mass is 35.5. The summed E-state index contributed by atoms with van der Waals surface area (Å²) in [6.07, 6.45) is -4.06. The summed E-state index contributed by atoms with van der Waals surface area (Å²) in [7, 11) is 0. The van der Waals surface area contributed by atoms with E-state index in [0.29, 0.717) is 26.2 Å². The van der Waals surface area contributed by atoms with Gasteiger partial charge in [0.15, 0.2) is 0 Å². The van der Waals surface area contributed by atoms with Crippen molar-refractivity contribution in [2.75, 3.05) is 32.7 Å². The van der Waals surface area contributed by atoms with Gasteiger partial charge in [0.1, 0.15) is 6.04 Å². The van der Waals surface area contributed by atoms with E-state index in [9.17, 15) is 18.0 Å². The summed E-state index contributed by atoms with van der Waals surface area (Å²) in [4.78, 5) is 12.8. The van der Waals surface area contributed by atoms with Gasteiger partial charge in [-0.3, -0.25) is 9.69 Å². The van der Waals surface area contributed by atoms with Crippen molar-refractivity contribution in [3.05, 3.63) is 0 Å². The van der Waals surface area contributed by atoms with E-state index in [0.717, 1.165) is 0 Å². The van der Waals surface area contributed by atoms with Crippen LogP contribution >= 0.6 is 12.4 Å². The van der Waals surface area contributed by atoms with Crippen LogP contribution in [0.4, 0.5) is 13.2 Å². The van der Waals surface area contributed by atoms with Crippen LogP contribution in [0.25, 0.3) is 0 Å². The van der Waals surface area contributed by atoms with E-state index in [1.807, 2.05) is 13.8 Å². The second-order valence-corrected chi connectivity index (χ2v) is 5.25. The van der Waals surface area contributed by atoms with Gasteiger partial charge >= 0.3 is 6.18 Å². The van der Waals surface area contributed by atoms with E-state index < -0.39 is 12.2 Å². The van der Waals surface area contributed by atoms with Crippen LogP contribution in [0.2, 0.25) is 0 Å². The predicted molar refractivity (Wildman–Crippen MR) is 74.0 cm³/mol. The van der Waals surface area contributed by atoms with Crippen molar-refractivity contribution >= 4 is 18.3 Å². The average Bonchev–Trinajstić information content (AvgIpc) is 2.27. The second-order valence-electron chi connectivity index (χ2n) is 5.25. The molecule has 120 valence electrons. The largest absolute Gasteiger partial charge is 0.405 e. The molecule has 1 saturated heterocycles. The van der Waals surface area contributed by atoms with Crippen LogP contribution in [0.1, 0.15) is 20.3 Å². The molecule has 4 nitrogen and oxygen atoms in total. The summed E-state index contributed by atoms with van der Waals surface area (Å²) in [5.41, 5.74) is 0. The van der Waals surface area contributed by atoms with E-state index in [1.165, 1.54) is 4.90 Å². The molecule has 1 atom stereocenters. The molecule has 20 heavy (non-hydrogen) atoms. The van der Waals surface area contributed by atoms with Gasteiger partial charge in [-0.2, -0.15) is 13.2 Å². The lowest BCUT2D eigenvalue weighted by Crippen LogP contribution is -2.57. The van der Waals surface area contributed by atoms with Crippen molar-refractivity contribution in [3.8, 4) is 0 Å². The molecule has 0 aromatic carbocycles. The first-order valence-corrected chi connectivity index (χ1v) is 6.59. The van der Waals surface area contributed by atoms with Crippen LogP contribution in [0.5, 0.6) is 0 Å². The number of hydrogen-bond donors (Lipinski definition) is 2. The van der Waals surface area contributed by atoms with Crippen LogP contribution in [-0.4, -0.2) is 55.7 Å². The maximum absolute atomic E-state index is 13.0. The maximum Gasteiger partial charge on any atom is 0.405 e. The Balaban J connectivity index is 0.00000361. The quantitative estimate of drug-likeness (QED) is 0.806. The summed E-state index contributed by atoms with van der Waals surface area (Å²) < 4.78 is 39.0. The van der Waals surface area contributed by atoms with Crippen LogP contribution in [0.3, 0.4) is 0 Å². The number of alkyl halides is 3. The van der Waals surface area contributed by atoms with Crippen LogP contribution in [0, 0.1) is 5.92 Å². The van der Waals surface area contributed by atoms with E-state index in [1.54, 1.807) is 0 Å². The van der Waals surface area contributed by atoms with Gasteiger partial charge in [-0.1, -0.05) is 13.8 Å². The number of rotatable bonds is 5. The molecule has 1 aliphatic heterocycles. The predicted octanol–water partition coefficient (Wildman–Crippen LogP) is 1.41. The van der Waals surface area contributed by atoms with Gasteiger partial charge in [0.2, 0.25) is 5.91 Å². The number of nitrogens with zero attached hydrogens (tertiary/aromatic N) is 1. The van der Waals surface area contributed by atoms with Gasteiger partial charge in [0.25, 0.3) is 0 Å². The summed E-state index contributed by atoms with van der Waals surface area (Å²) in [5, 5.41) is 5.41. The number of amides is 1. The van der Waals surface area contributed by atoms with E-state index in [2.05, 4.69) is 10.6 Å². The lowest BCUT2D eigenvalue weighted by Gasteiger charge is -2.36. The zero-order chi connectivity index (χ0) is 14.5. The lowest BCUT2D eigenvalue weighted by atomic mass is 10.1. The molecular weight excluding hydrogens is 295 g/mol. The van der Waals surface area contributed by atoms with Gasteiger partial charge in [-0.15, -0.1) is 12.4 Å². The Labute approximate surface area is 123 Å². The third kappa shape index (κ3) is 6.76. The fourth-order valence-electron chi connectivity index (χ4n) is 2.10. The summed E-state index contributed by atoms with van der Waals surface area (Å²) in [5.74, 6) is -0.178. The van der Waals surface area contributed by atoms with Crippen molar-refractivity contribution in [3.63, 3.8) is 0 Å². The molecule has 8 heteroatoms. The Morgan fingerprint density at radius 2 is 1.85 bits per heavy atom. The summed E-state index contributed by atoms with van der Waals surface area (Å²) in [6.45, 7) is 5.15. The number of carbonyl (C=O) groups excluding carboxylic acids is 1. The lowest BCUT2D eigenvalue weighted by molar-refractivity contribution is -0.184. The van der Waals surface area contributed by atoms with Gasteiger partial charge < -0.3 is 10.6 Å². The van der Waals surface area contributed by atoms with E-state index >= 15 is 0 Å². The zero-order valence-corrected chi connectivity index (χ0v) is 12.6. The molecule has 1 unspecified atom stereocenters. The molecule has 0 aromatic heterocycles. The highest BCUT2D eigenvalue weighted by Gasteiger charge is 2.43. The highest BCUT2D eigenvalue weighted by molar-refractivity contribution is 5.85. The number of hydrogen-bond acceptors (Lipinski definition) is 3. The molecular formula is C12H23ClF3N3O. The Kier molecular flexibility index (Phi) is 8.46. The van der Waals surface area contributed by atoms with Crippen LogP contribution in [0.15, 0.2) is 0 Å². The molecule has 1 aliphatic rings. The second kappa shape index (κ2) is 8.69. The van der Waals surface area contributed by atoms with Crippen molar-refractivity contribution in [1.82, 2.24) is 15.5 Å². The minimum Gasteiger partial charge on any atom is -0.354 e. The molecule has 1 amide bonds. The van der Waals surface area contributed by atoms with Crippen molar-refractivity contribution in [1.29, 1.82) is 0 Å². The fourth-order valence-corrected chi connectivity index (χ4v) is 2.10. The SMILES string of the molecule is CC(C)CC(=O)NCC(N1CCNCC1)C(F)(F)F.Cl. The van der Waals surface area contributed by atoms with Crippen molar-refractivity contribution in [2.24, 2.45) is 5.92 Å². The number of halogens is 4. The first kappa shape index (κ1) is 19.5. The van der Waals surface area contributed by atoms with Crippen molar-refractivity contribution in [2.45, 2.75) is 32.5 Å². The maximum atomic E-state index is 13.0. The van der Waals surface area contributed by atoms with Gasteiger partial charge in [0, 0.05) is 39.1 Å². The van der Waals surface area contributed by atoms with Crippen molar-refractivity contribution < 1.29 is 18.0 Å². The van der Waals surface area contributed by atoms with Crippen LogP contribution in [-0.2, 0) is 4.79 Å². The first-order valence-electron chi connectivity index (χ1n) is 6.59. The fraction of sp³-hybridized carbons (Fsp3) is 0.917. The first-order chi connectivity index (χ1) is 8.80. The van der Waals surface area contributed by atoms with Gasteiger partial charge in [0.05, 0.1) is 0 Å². The Bertz CT molecular complexity index is 294.